The van der Waals surface area contributed by atoms with Gasteiger partial charge in [-0.1, -0.05) is 17.7 Å². The first-order chi connectivity index (χ1) is 14.0. The van der Waals surface area contributed by atoms with Crippen LogP contribution in [0.2, 0.25) is 5.02 Å². The fourth-order valence-electron chi connectivity index (χ4n) is 3.41. The van der Waals surface area contributed by atoms with Crippen molar-refractivity contribution in [3.8, 4) is 11.4 Å². The van der Waals surface area contributed by atoms with Crippen molar-refractivity contribution in [2.45, 2.75) is 13.0 Å². The molecule has 29 heavy (non-hydrogen) atoms. The zero-order valence-electron chi connectivity index (χ0n) is 15.5. The maximum atomic E-state index is 12.8. The molecule has 0 radical (unpaired) electrons. The predicted molar refractivity (Wildman–Crippen MR) is 109 cm³/mol. The number of nitrogens with zero attached hydrogens (tertiary/aromatic N) is 4. The van der Waals surface area contributed by atoms with E-state index in [1.165, 1.54) is 29.8 Å². The lowest BCUT2D eigenvalue weighted by Crippen LogP contribution is -2.33. The lowest BCUT2D eigenvalue weighted by molar-refractivity contribution is -0.384. The number of aromatic nitrogens is 2. The average molecular weight is 413 g/mol. The summed E-state index contributed by atoms with van der Waals surface area (Å²) >= 11 is 6.40. The maximum Gasteiger partial charge on any atom is 0.292 e. The third-order valence-electron chi connectivity index (χ3n) is 4.97. The molecule has 148 valence electrons. The molecule has 2 heterocycles. The van der Waals surface area contributed by atoms with Gasteiger partial charge in [0.05, 0.1) is 29.6 Å². The van der Waals surface area contributed by atoms with Crippen molar-refractivity contribution in [1.29, 1.82) is 0 Å². The van der Waals surface area contributed by atoms with E-state index in [0.29, 0.717) is 24.5 Å². The number of rotatable bonds is 4. The molecule has 2 aromatic carbocycles. The van der Waals surface area contributed by atoms with Crippen molar-refractivity contribution in [2.24, 2.45) is 0 Å². The molecule has 0 fully saturated rings. The Hall–Kier alpha value is -3.39. The Morgan fingerprint density at radius 3 is 2.62 bits per heavy atom. The van der Waals surface area contributed by atoms with E-state index in [2.05, 4.69) is 11.2 Å². The molecule has 0 amide bonds. The Labute approximate surface area is 171 Å². The topological polar surface area (TPSA) is 90.5 Å². The molecule has 1 aliphatic heterocycles. The van der Waals surface area contributed by atoms with Gasteiger partial charge in [0.1, 0.15) is 10.8 Å². The summed E-state index contributed by atoms with van der Waals surface area (Å²) in [6.07, 6.45) is 2.37. The molecule has 8 nitrogen and oxygen atoms in total. The van der Waals surface area contributed by atoms with Crippen molar-refractivity contribution in [3.05, 3.63) is 85.3 Å². The molecule has 1 aromatic heterocycles. The summed E-state index contributed by atoms with van der Waals surface area (Å²) in [6.45, 7) is 1.30. The van der Waals surface area contributed by atoms with E-state index in [4.69, 9.17) is 16.3 Å². The number of halogens is 1. The molecule has 0 saturated heterocycles. The van der Waals surface area contributed by atoms with Crippen molar-refractivity contribution in [3.63, 3.8) is 0 Å². The van der Waals surface area contributed by atoms with Gasteiger partial charge < -0.3 is 9.64 Å². The first-order valence-electron chi connectivity index (χ1n) is 8.91. The summed E-state index contributed by atoms with van der Waals surface area (Å²) in [5.74, 6) is 0.781. The maximum absolute atomic E-state index is 12.8. The van der Waals surface area contributed by atoms with E-state index in [9.17, 15) is 14.9 Å². The van der Waals surface area contributed by atoms with Crippen LogP contribution in [-0.4, -0.2) is 28.4 Å². The van der Waals surface area contributed by atoms with Gasteiger partial charge in [-0.15, -0.1) is 0 Å². The van der Waals surface area contributed by atoms with Crippen LogP contribution in [0, 0.1) is 10.1 Å². The normalized spacial score (nSPS) is 13.1. The fourth-order valence-corrected chi connectivity index (χ4v) is 3.66. The number of nitro groups is 1. The first kappa shape index (κ1) is 18.9. The average Bonchev–Trinajstić information content (AvgIpc) is 2.75. The molecule has 0 aliphatic carbocycles. The second kappa shape index (κ2) is 7.56. The second-order valence-electron chi connectivity index (χ2n) is 6.64. The lowest BCUT2D eigenvalue weighted by Gasteiger charge is -2.31. The number of non-ortho nitro benzene ring substituents is 1. The number of ether oxygens (including phenoxy) is 1. The van der Waals surface area contributed by atoms with E-state index >= 15 is 0 Å². The third-order valence-corrected chi connectivity index (χ3v) is 5.33. The second-order valence-corrected chi connectivity index (χ2v) is 7.02. The monoisotopic (exact) mass is 412 g/mol. The van der Waals surface area contributed by atoms with Crippen LogP contribution in [0.4, 0.5) is 11.4 Å². The van der Waals surface area contributed by atoms with E-state index < -0.39 is 10.5 Å². The SMILES string of the molecule is COc1ccc2c(c1)CN(c1cnn(-c3ccc([N+](=O)[O-])cc3)c(=O)c1Cl)CC2. The summed E-state index contributed by atoms with van der Waals surface area (Å²) in [5, 5.41) is 15.1. The van der Waals surface area contributed by atoms with Gasteiger partial charge in [0, 0.05) is 25.2 Å². The van der Waals surface area contributed by atoms with Gasteiger partial charge in [-0.3, -0.25) is 14.9 Å². The van der Waals surface area contributed by atoms with E-state index in [-0.39, 0.29) is 10.7 Å². The fraction of sp³-hybridized carbons (Fsp3) is 0.200. The highest BCUT2D eigenvalue weighted by Crippen LogP contribution is 2.30. The molecule has 0 saturated carbocycles. The molecular weight excluding hydrogens is 396 g/mol. The van der Waals surface area contributed by atoms with E-state index in [1.54, 1.807) is 13.3 Å². The standard InChI is InChI=1S/C20H17ClN4O4/c1-29-17-7-2-13-8-9-23(12-14(13)10-17)18-11-22-24(20(26)19(18)21)15-3-5-16(6-4-15)25(27)28/h2-7,10-11H,8-9,12H2,1H3. The number of anilines is 1. The first-order valence-corrected chi connectivity index (χ1v) is 9.29. The van der Waals surface area contributed by atoms with Crippen molar-refractivity contribution in [1.82, 2.24) is 9.78 Å². The highest BCUT2D eigenvalue weighted by atomic mass is 35.5. The van der Waals surface area contributed by atoms with Crippen LogP contribution in [0.15, 0.2) is 53.5 Å². The van der Waals surface area contributed by atoms with Crippen LogP contribution >= 0.6 is 11.6 Å². The number of fused-ring (bicyclic) bond motifs is 1. The van der Waals surface area contributed by atoms with Gasteiger partial charge in [-0.25, -0.2) is 0 Å². The van der Waals surface area contributed by atoms with Gasteiger partial charge in [-0.2, -0.15) is 9.78 Å². The van der Waals surface area contributed by atoms with Gasteiger partial charge >= 0.3 is 0 Å². The Morgan fingerprint density at radius 2 is 1.93 bits per heavy atom. The number of methoxy groups -OCH3 is 1. The smallest absolute Gasteiger partial charge is 0.292 e. The Morgan fingerprint density at radius 1 is 1.17 bits per heavy atom. The predicted octanol–water partition coefficient (Wildman–Crippen LogP) is 3.37. The zero-order chi connectivity index (χ0) is 20.5. The van der Waals surface area contributed by atoms with Crippen LogP contribution in [-0.2, 0) is 13.0 Å². The Bertz CT molecular complexity index is 1140. The molecule has 1 aliphatic rings. The Balaban J connectivity index is 1.65. The van der Waals surface area contributed by atoms with Crippen molar-refractivity contribution >= 4 is 23.0 Å². The molecule has 0 bridgehead atoms. The largest absolute Gasteiger partial charge is 0.497 e. The zero-order valence-corrected chi connectivity index (χ0v) is 16.3. The summed E-state index contributed by atoms with van der Waals surface area (Å²) in [6, 6.07) is 11.5. The number of nitro benzene ring substituents is 1. The van der Waals surface area contributed by atoms with Crippen molar-refractivity contribution < 1.29 is 9.66 Å². The van der Waals surface area contributed by atoms with Crippen molar-refractivity contribution in [2.75, 3.05) is 18.6 Å². The summed E-state index contributed by atoms with van der Waals surface area (Å²) < 4.78 is 6.43. The highest BCUT2D eigenvalue weighted by Gasteiger charge is 2.22. The summed E-state index contributed by atoms with van der Waals surface area (Å²) in [5.41, 5.74) is 2.78. The quantitative estimate of drug-likeness (QED) is 0.482. The highest BCUT2D eigenvalue weighted by molar-refractivity contribution is 6.33. The van der Waals surface area contributed by atoms with Crippen LogP contribution in [0.1, 0.15) is 11.1 Å². The van der Waals surface area contributed by atoms with Crippen LogP contribution in [0.5, 0.6) is 5.75 Å². The van der Waals surface area contributed by atoms with Crippen LogP contribution < -0.4 is 15.2 Å². The van der Waals surface area contributed by atoms with E-state index in [1.807, 2.05) is 17.0 Å². The minimum Gasteiger partial charge on any atom is -0.497 e. The minimum absolute atomic E-state index is 0.0599. The molecule has 0 spiro atoms. The third kappa shape index (κ3) is 3.54. The van der Waals surface area contributed by atoms with E-state index in [0.717, 1.165) is 22.4 Å². The summed E-state index contributed by atoms with van der Waals surface area (Å²) in [7, 11) is 1.63. The van der Waals surface area contributed by atoms with Gasteiger partial charge in [0.2, 0.25) is 0 Å². The number of hydrogen-bond donors (Lipinski definition) is 0. The summed E-state index contributed by atoms with van der Waals surface area (Å²) in [4.78, 5) is 25.1. The number of hydrogen-bond acceptors (Lipinski definition) is 6. The van der Waals surface area contributed by atoms with Gasteiger partial charge in [-0.05, 0) is 41.8 Å². The molecule has 4 rings (SSSR count). The molecular formula is C20H17ClN4O4. The molecule has 0 N–H and O–H groups in total. The molecule has 9 heteroatoms. The molecule has 0 unspecified atom stereocenters. The lowest BCUT2D eigenvalue weighted by atomic mass is 9.99. The van der Waals surface area contributed by atoms with Gasteiger partial charge in [0.25, 0.3) is 11.2 Å². The van der Waals surface area contributed by atoms with Gasteiger partial charge in [0.15, 0.2) is 0 Å². The molecule has 3 aromatic rings. The number of benzene rings is 2. The minimum atomic E-state index is -0.501. The van der Waals surface area contributed by atoms with Crippen LogP contribution in [0.3, 0.4) is 0 Å². The Kier molecular flexibility index (Phi) is 4.94. The van der Waals surface area contributed by atoms with Crippen LogP contribution in [0.25, 0.3) is 5.69 Å². The molecule has 0 atom stereocenters.